The zero-order valence-electron chi connectivity index (χ0n) is 15.5. The third kappa shape index (κ3) is 5.08. The number of rotatable bonds is 5. The van der Waals surface area contributed by atoms with Crippen molar-refractivity contribution < 1.29 is 4.79 Å². The molecule has 2 aliphatic rings. The number of allylic oxidation sites excluding steroid dienone is 1. The predicted octanol–water partition coefficient (Wildman–Crippen LogP) is 4.29. The molecule has 0 radical (unpaired) electrons. The quantitative estimate of drug-likeness (QED) is 0.811. The highest BCUT2D eigenvalue weighted by Gasteiger charge is 2.21. The fourth-order valence-corrected chi connectivity index (χ4v) is 3.75. The summed E-state index contributed by atoms with van der Waals surface area (Å²) < 4.78 is 0. The lowest BCUT2D eigenvalue weighted by Crippen LogP contribution is -2.50. The molecule has 0 bridgehead atoms. The van der Waals surface area contributed by atoms with Crippen molar-refractivity contribution in [2.24, 2.45) is 0 Å². The molecule has 1 heterocycles. The normalized spacial score (nSPS) is 18.8. The third-order valence-corrected chi connectivity index (χ3v) is 5.43. The van der Waals surface area contributed by atoms with E-state index in [1.165, 1.54) is 37.7 Å². The van der Waals surface area contributed by atoms with Gasteiger partial charge in [0.05, 0.1) is 0 Å². The molecular weight excluding hydrogens is 310 g/mol. The largest absolute Gasteiger partial charge is 0.322 e. The summed E-state index contributed by atoms with van der Waals surface area (Å²) in [7, 11) is 0. The van der Waals surface area contributed by atoms with Crippen LogP contribution in [0.15, 0.2) is 35.9 Å². The van der Waals surface area contributed by atoms with Crippen LogP contribution in [0.25, 0.3) is 0 Å². The minimum atomic E-state index is 0.0375. The first-order valence-electron chi connectivity index (χ1n) is 9.80. The second-order valence-electron chi connectivity index (χ2n) is 7.13. The number of para-hydroxylation sites is 1. The van der Waals surface area contributed by atoms with Crippen molar-refractivity contribution in [3.05, 3.63) is 41.5 Å². The Bertz CT molecular complexity index is 603. The molecule has 136 valence electrons. The number of nitrogens with zero attached hydrogens (tertiary/aromatic N) is 2. The zero-order chi connectivity index (χ0) is 17.5. The lowest BCUT2D eigenvalue weighted by molar-refractivity contribution is 0.148. The van der Waals surface area contributed by atoms with Gasteiger partial charge in [0.2, 0.25) is 0 Å². The van der Waals surface area contributed by atoms with Crippen molar-refractivity contribution in [1.29, 1.82) is 0 Å². The number of anilines is 1. The van der Waals surface area contributed by atoms with Gasteiger partial charge in [-0.3, -0.25) is 4.90 Å². The molecule has 0 saturated carbocycles. The van der Waals surface area contributed by atoms with Crippen LogP contribution in [0, 0.1) is 0 Å². The van der Waals surface area contributed by atoms with Gasteiger partial charge in [-0.1, -0.05) is 36.8 Å². The summed E-state index contributed by atoms with van der Waals surface area (Å²) in [6.07, 6.45) is 9.85. The van der Waals surface area contributed by atoms with E-state index in [1.807, 2.05) is 23.1 Å². The van der Waals surface area contributed by atoms with Gasteiger partial charge in [-0.25, -0.2) is 4.79 Å². The summed E-state index contributed by atoms with van der Waals surface area (Å²) in [6, 6.07) is 8.11. The van der Waals surface area contributed by atoms with Crippen molar-refractivity contribution in [2.75, 3.05) is 38.0 Å². The lowest BCUT2D eigenvalue weighted by Gasteiger charge is -2.35. The molecule has 1 fully saturated rings. The first-order chi connectivity index (χ1) is 12.3. The van der Waals surface area contributed by atoms with E-state index in [4.69, 9.17) is 0 Å². The molecule has 0 spiro atoms. The maximum absolute atomic E-state index is 12.5. The average molecular weight is 341 g/mol. The number of aryl methyl sites for hydroxylation is 1. The molecule has 3 rings (SSSR count). The van der Waals surface area contributed by atoms with E-state index in [2.05, 4.69) is 29.3 Å². The highest BCUT2D eigenvalue weighted by atomic mass is 16.2. The van der Waals surface area contributed by atoms with Crippen LogP contribution in [0.4, 0.5) is 10.5 Å². The standard InChI is InChI=1S/C21H31N3O/c1-2-19-10-6-7-11-20(19)22-21(25)24-16-14-23(15-17-24)13-12-18-8-4-3-5-9-18/h6-8,10-11H,2-5,9,12-17H2,1H3,(H,22,25). The van der Waals surface area contributed by atoms with Crippen LogP contribution in [0.5, 0.6) is 0 Å². The number of benzene rings is 1. The topological polar surface area (TPSA) is 35.6 Å². The Morgan fingerprint density at radius 3 is 2.64 bits per heavy atom. The fraction of sp³-hybridized carbons (Fsp3) is 0.571. The molecule has 1 aliphatic carbocycles. The summed E-state index contributed by atoms with van der Waals surface area (Å²) in [6.45, 7) is 6.86. The Morgan fingerprint density at radius 1 is 1.12 bits per heavy atom. The number of carbonyl (C=O) groups is 1. The number of nitrogens with one attached hydrogen (secondary N) is 1. The van der Waals surface area contributed by atoms with E-state index in [-0.39, 0.29) is 6.03 Å². The summed E-state index contributed by atoms with van der Waals surface area (Å²) in [5.41, 5.74) is 3.78. The van der Waals surface area contributed by atoms with Crippen molar-refractivity contribution in [1.82, 2.24) is 9.80 Å². The first-order valence-corrected chi connectivity index (χ1v) is 9.80. The van der Waals surface area contributed by atoms with Crippen molar-refractivity contribution in [3.8, 4) is 0 Å². The monoisotopic (exact) mass is 341 g/mol. The van der Waals surface area contributed by atoms with Gasteiger partial charge in [0, 0.05) is 38.4 Å². The minimum Gasteiger partial charge on any atom is -0.322 e. The predicted molar refractivity (Wildman–Crippen MR) is 104 cm³/mol. The molecule has 25 heavy (non-hydrogen) atoms. The summed E-state index contributed by atoms with van der Waals surface area (Å²) in [5.74, 6) is 0. The summed E-state index contributed by atoms with van der Waals surface area (Å²) in [5, 5.41) is 3.09. The number of carbonyl (C=O) groups excluding carboxylic acids is 1. The van der Waals surface area contributed by atoms with Gasteiger partial charge in [0.25, 0.3) is 0 Å². The zero-order valence-corrected chi connectivity index (χ0v) is 15.5. The van der Waals surface area contributed by atoms with Crippen LogP contribution < -0.4 is 5.32 Å². The van der Waals surface area contributed by atoms with Crippen molar-refractivity contribution >= 4 is 11.7 Å². The molecule has 0 aromatic heterocycles. The smallest absolute Gasteiger partial charge is 0.321 e. The Labute approximate surface area is 151 Å². The van der Waals surface area contributed by atoms with E-state index >= 15 is 0 Å². The summed E-state index contributed by atoms with van der Waals surface area (Å²) >= 11 is 0. The van der Waals surface area contributed by atoms with Crippen LogP contribution >= 0.6 is 0 Å². The Morgan fingerprint density at radius 2 is 1.92 bits per heavy atom. The van der Waals surface area contributed by atoms with Gasteiger partial charge < -0.3 is 10.2 Å². The van der Waals surface area contributed by atoms with Gasteiger partial charge >= 0.3 is 6.03 Å². The molecular formula is C21H31N3O. The first kappa shape index (κ1) is 18.0. The molecule has 4 heteroatoms. The Kier molecular flexibility index (Phi) is 6.51. The molecule has 4 nitrogen and oxygen atoms in total. The maximum atomic E-state index is 12.5. The Balaban J connectivity index is 1.43. The number of urea groups is 1. The Hall–Kier alpha value is -1.81. The van der Waals surface area contributed by atoms with Crippen molar-refractivity contribution in [2.45, 2.75) is 45.4 Å². The molecule has 0 unspecified atom stereocenters. The molecule has 0 atom stereocenters. The van der Waals surface area contributed by atoms with Crippen molar-refractivity contribution in [3.63, 3.8) is 0 Å². The van der Waals surface area contributed by atoms with E-state index in [0.717, 1.165) is 44.8 Å². The molecule has 1 aromatic carbocycles. The van der Waals surface area contributed by atoms with E-state index in [9.17, 15) is 4.79 Å². The van der Waals surface area contributed by atoms with E-state index in [1.54, 1.807) is 5.57 Å². The van der Waals surface area contributed by atoms with Gasteiger partial charge in [-0.15, -0.1) is 0 Å². The number of piperazine rings is 1. The maximum Gasteiger partial charge on any atom is 0.321 e. The number of hydrogen-bond donors (Lipinski definition) is 1. The third-order valence-electron chi connectivity index (χ3n) is 5.43. The van der Waals surface area contributed by atoms with Crippen LogP contribution in [0.3, 0.4) is 0 Å². The van der Waals surface area contributed by atoms with Gasteiger partial charge in [0.15, 0.2) is 0 Å². The second-order valence-corrected chi connectivity index (χ2v) is 7.13. The molecule has 1 aromatic rings. The lowest BCUT2D eigenvalue weighted by atomic mass is 9.97. The molecule has 2 amide bonds. The number of amides is 2. The van der Waals surface area contributed by atoms with E-state index in [0.29, 0.717) is 0 Å². The average Bonchev–Trinajstić information content (AvgIpc) is 2.68. The van der Waals surface area contributed by atoms with Crippen LogP contribution in [-0.4, -0.2) is 48.6 Å². The highest BCUT2D eigenvalue weighted by Crippen LogP contribution is 2.21. The minimum absolute atomic E-state index is 0.0375. The molecule has 1 N–H and O–H groups in total. The molecule has 1 aliphatic heterocycles. The van der Waals surface area contributed by atoms with Gasteiger partial charge in [-0.05, 0) is 50.2 Å². The fourth-order valence-electron chi connectivity index (χ4n) is 3.75. The molecule has 1 saturated heterocycles. The van der Waals surface area contributed by atoms with Gasteiger partial charge in [0.1, 0.15) is 0 Å². The van der Waals surface area contributed by atoms with E-state index < -0.39 is 0 Å². The van der Waals surface area contributed by atoms with Crippen LogP contribution in [-0.2, 0) is 6.42 Å². The second kappa shape index (κ2) is 9.04. The van der Waals surface area contributed by atoms with Crippen LogP contribution in [0.1, 0.15) is 44.6 Å². The number of hydrogen-bond acceptors (Lipinski definition) is 2. The van der Waals surface area contributed by atoms with Gasteiger partial charge in [-0.2, -0.15) is 0 Å². The van der Waals surface area contributed by atoms with Crippen LogP contribution in [0.2, 0.25) is 0 Å². The highest BCUT2D eigenvalue weighted by molar-refractivity contribution is 5.90. The summed E-state index contributed by atoms with van der Waals surface area (Å²) in [4.78, 5) is 17.0. The SMILES string of the molecule is CCc1ccccc1NC(=O)N1CCN(CCC2=CCCCC2)CC1.